The highest BCUT2D eigenvalue weighted by molar-refractivity contribution is 7.99. The fourth-order valence-corrected chi connectivity index (χ4v) is 3.43. The van der Waals surface area contributed by atoms with Gasteiger partial charge in [0.1, 0.15) is 6.07 Å². The van der Waals surface area contributed by atoms with E-state index < -0.39 is 0 Å². The average Bonchev–Trinajstić information content (AvgIpc) is 2.97. The highest BCUT2D eigenvalue weighted by Gasteiger charge is 2.23. The molecule has 1 aromatic carbocycles. The lowest BCUT2D eigenvalue weighted by molar-refractivity contribution is 0.599. The molecule has 0 radical (unpaired) electrons. The molecule has 0 saturated heterocycles. The first-order valence-corrected chi connectivity index (χ1v) is 6.50. The summed E-state index contributed by atoms with van der Waals surface area (Å²) in [5, 5.41) is 8.94. The largest absolute Gasteiger partial charge is 0.322 e. The van der Waals surface area contributed by atoms with Gasteiger partial charge in [0, 0.05) is 35.5 Å². The number of hydrogen-bond acceptors (Lipinski definition) is 3. The Morgan fingerprint density at radius 2 is 2.35 bits per heavy atom. The summed E-state index contributed by atoms with van der Waals surface area (Å²) in [4.78, 5) is 5.40. The van der Waals surface area contributed by atoms with Gasteiger partial charge in [0.05, 0.1) is 0 Å². The molecule has 4 heteroatoms. The standard InChI is InChI=1S/C13H11N3S/c14-7-13-15-5-6-16(13)8-10-9-17-12-4-2-1-3-11(10)12/h1-6,10H,8-9H2. The van der Waals surface area contributed by atoms with E-state index >= 15 is 0 Å². The van der Waals surface area contributed by atoms with E-state index in [9.17, 15) is 0 Å². The molecule has 84 valence electrons. The first-order chi connectivity index (χ1) is 8.38. The quantitative estimate of drug-likeness (QED) is 0.811. The van der Waals surface area contributed by atoms with Gasteiger partial charge in [-0.25, -0.2) is 4.98 Å². The second kappa shape index (κ2) is 4.27. The molecule has 1 unspecified atom stereocenters. The van der Waals surface area contributed by atoms with E-state index in [2.05, 4.69) is 35.3 Å². The summed E-state index contributed by atoms with van der Waals surface area (Å²) >= 11 is 1.89. The van der Waals surface area contributed by atoms with Crippen molar-refractivity contribution in [2.45, 2.75) is 17.4 Å². The molecule has 0 saturated carbocycles. The molecule has 0 fully saturated rings. The maximum Gasteiger partial charge on any atom is 0.212 e. The van der Waals surface area contributed by atoms with Crippen molar-refractivity contribution < 1.29 is 0 Å². The van der Waals surface area contributed by atoms with Gasteiger partial charge in [-0.15, -0.1) is 11.8 Å². The van der Waals surface area contributed by atoms with Crippen molar-refractivity contribution in [3.05, 3.63) is 48.0 Å². The normalized spacial score (nSPS) is 17.7. The summed E-state index contributed by atoms with van der Waals surface area (Å²) in [6.07, 6.45) is 3.57. The average molecular weight is 241 g/mol. The minimum atomic E-state index is 0.484. The number of fused-ring (bicyclic) bond motifs is 1. The molecule has 1 atom stereocenters. The minimum absolute atomic E-state index is 0.484. The Hall–Kier alpha value is -1.73. The topological polar surface area (TPSA) is 41.6 Å². The van der Waals surface area contributed by atoms with Crippen molar-refractivity contribution in [1.29, 1.82) is 5.26 Å². The van der Waals surface area contributed by atoms with Crippen LogP contribution in [0.2, 0.25) is 0 Å². The van der Waals surface area contributed by atoms with Crippen LogP contribution in [0.5, 0.6) is 0 Å². The van der Waals surface area contributed by atoms with Gasteiger partial charge < -0.3 is 4.57 Å². The van der Waals surface area contributed by atoms with Crippen LogP contribution in [0.15, 0.2) is 41.6 Å². The summed E-state index contributed by atoms with van der Waals surface area (Å²) in [5.41, 5.74) is 1.40. The Morgan fingerprint density at radius 1 is 1.47 bits per heavy atom. The maximum atomic E-state index is 8.94. The van der Waals surface area contributed by atoms with E-state index in [-0.39, 0.29) is 0 Å². The molecule has 2 aromatic rings. The molecule has 0 bridgehead atoms. The molecule has 1 aromatic heterocycles. The van der Waals surface area contributed by atoms with Crippen LogP contribution in [-0.2, 0) is 6.54 Å². The lowest BCUT2D eigenvalue weighted by Crippen LogP contribution is -2.09. The second-order valence-corrected chi connectivity index (χ2v) is 5.12. The Labute approximate surface area is 104 Å². The van der Waals surface area contributed by atoms with Crippen molar-refractivity contribution in [2.24, 2.45) is 0 Å². The zero-order chi connectivity index (χ0) is 11.7. The van der Waals surface area contributed by atoms with Crippen LogP contribution in [0, 0.1) is 11.3 Å². The molecule has 3 rings (SSSR count). The molecule has 0 aliphatic carbocycles. The molecular formula is C13H11N3S. The van der Waals surface area contributed by atoms with E-state index in [1.807, 2.05) is 22.5 Å². The van der Waals surface area contributed by atoms with Crippen molar-refractivity contribution in [1.82, 2.24) is 9.55 Å². The Bertz CT molecular complexity index is 582. The maximum absolute atomic E-state index is 8.94. The van der Waals surface area contributed by atoms with Gasteiger partial charge >= 0.3 is 0 Å². The second-order valence-electron chi connectivity index (χ2n) is 4.06. The van der Waals surface area contributed by atoms with E-state index in [4.69, 9.17) is 5.26 Å². The summed E-state index contributed by atoms with van der Waals surface area (Å²) in [5.74, 6) is 2.07. The predicted molar refractivity (Wildman–Crippen MR) is 66.8 cm³/mol. The van der Waals surface area contributed by atoms with Gasteiger partial charge in [-0.3, -0.25) is 0 Å². The fourth-order valence-electron chi connectivity index (χ4n) is 2.19. The van der Waals surface area contributed by atoms with Gasteiger partial charge in [0.2, 0.25) is 5.82 Å². The lowest BCUT2D eigenvalue weighted by atomic mass is 10.0. The number of hydrogen-bond donors (Lipinski definition) is 0. The van der Waals surface area contributed by atoms with Crippen LogP contribution in [0.1, 0.15) is 17.3 Å². The number of imidazole rings is 1. The molecule has 1 aliphatic rings. The molecule has 2 heterocycles. The first-order valence-electron chi connectivity index (χ1n) is 5.51. The minimum Gasteiger partial charge on any atom is -0.322 e. The molecule has 3 nitrogen and oxygen atoms in total. The highest BCUT2D eigenvalue weighted by Crippen LogP contribution is 2.40. The zero-order valence-corrected chi connectivity index (χ0v) is 10.0. The van der Waals surface area contributed by atoms with Crippen molar-refractivity contribution in [3.8, 4) is 6.07 Å². The molecular weight excluding hydrogens is 230 g/mol. The summed E-state index contributed by atoms with van der Waals surface area (Å²) in [6.45, 7) is 0.840. The van der Waals surface area contributed by atoms with Crippen LogP contribution in [0.25, 0.3) is 0 Å². The Morgan fingerprint density at radius 3 is 3.24 bits per heavy atom. The zero-order valence-electron chi connectivity index (χ0n) is 9.21. The van der Waals surface area contributed by atoms with Crippen molar-refractivity contribution in [2.75, 3.05) is 5.75 Å². The number of benzene rings is 1. The van der Waals surface area contributed by atoms with E-state index in [0.29, 0.717) is 11.7 Å². The van der Waals surface area contributed by atoms with E-state index in [1.165, 1.54) is 10.5 Å². The smallest absolute Gasteiger partial charge is 0.212 e. The molecule has 0 N–H and O–H groups in total. The Balaban J connectivity index is 1.87. The summed E-state index contributed by atoms with van der Waals surface area (Å²) < 4.78 is 1.94. The molecule has 17 heavy (non-hydrogen) atoms. The van der Waals surface area contributed by atoms with Gasteiger partial charge in [0.25, 0.3) is 0 Å². The van der Waals surface area contributed by atoms with Crippen LogP contribution in [-0.4, -0.2) is 15.3 Å². The number of nitriles is 1. The summed E-state index contributed by atoms with van der Waals surface area (Å²) in [7, 11) is 0. The molecule has 1 aliphatic heterocycles. The SMILES string of the molecule is N#Cc1nccn1CC1CSc2ccccc21. The van der Waals surface area contributed by atoms with Gasteiger partial charge in [-0.2, -0.15) is 5.26 Å². The number of aromatic nitrogens is 2. The monoisotopic (exact) mass is 241 g/mol. The van der Waals surface area contributed by atoms with E-state index in [1.54, 1.807) is 6.20 Å². The first kappa shape index (κ1) is 10.4. The lowest BCUT2D eigenvalue weighted by Gasteiger charge is -2.11. The Kier molecular flexibility index (Phi) is 2.62. The van der Waals surface area contributed by atoms with Crippen LogP contribution >= 0.6 is 11.8 Å². The highest BCUT2D eigenvalue weighted by atomic mass is 32.2. The van der Waals surface area contributed by atoms with Crippen LogP contribution in [0.3, 0.4) is 0 Å². The predicted octanol–water partition coefficient (Wildman–Crippen LogP) is 2.64. The van der Waals surface area contributed by atoms with Crippen molar-refractivity contribution in [3.63, 3.8) is 0 Å². The third-order valence-corrected chi connectivity index (χ3v) is 4.28. The van der Waals surface area contributed by atoms with Crippen LogP contribution < -0.4 is 0 Å². The van der Waals surface area contributed by atoms with E-state index in [0.717, 1.165) is 12.3 Å². The van der Waals surface area contributed by atoms with Crippen LogP contribution in [0.4, 0.5) is 0 Å². The van der Waals surface area contributed by atoms with Gasteiger partial charge in [-0.05, 0) is 11.6 Å². The number of rotatable bonds is 2. The number of thioether (sulfide) groups is 1. The fraction of sp³-hybridized carbons (Fsp3) is 0.231. The van der Waals surface area contributed by atoms with Crippen molar-refractivity contribution >= 4 is 11.8 Å². The van der Waals surface area contributed by atoms with Gasteiger partial charge in [0.15, 0.2) is 0 Å². The third kappa shape index (κ3) is 1.83. The summed E-state index contributed by atoms with van der Waals surface area (Å²) in [6, 6.07) is 10.6. The molecule has 0 spiro atoms. The third-order valence-electron chi connectivity index (χ3n) is 3.03. The van der Waals surface area contributed by atoms with Gasteiger partial charge in [-0.1, -0.05) is 18.2 Å². The number of nitrogens with zero attached hydrogens (tertiary/aromatic N) is 3. The molecule has 0 amide bonds.